The normalized spacial score (nSPS) is 25.6. The molecule has 3 aromatic rings. The van der Waals surface area contributed by atoms with Gasteiger partial charge in [-0.05, 0) is 18.2 Å². The highest BCUT2D eigenvalue weighted by atomic mass is 32.2. The van der Waals surface area contributed by atoms with Gasteiger partial charge in [0.2, 0.25) is 17.7 Å². The zero-order chi connectivity index (χ0) is 44.1. The predicted molar refractivity (Wildman–Crippen MR) is 227 cm³/mol. The fourth-order valence-corrected chi connectivity index (χ4v) is 10.1. The summed E-state index contributed by atoms with van der Waals surface area (Å²) in [5, 5.41) is 62.5. The Balaban J connectivity index is 0.000000198. The van der Waals surface area contributed by atoms with E-state index in [1.165, 1.54) is 49.0 Å². The van der Waals surface area contributed by atoms with Crippen LogP contribution in [0.1, 0.15) is 75.4 Å². The third-order valence-electron chi connectivity index (χ3n) is 9.34. The topological polar surface area (TPSA) is 313 Å². The molecule has 21 nitrogen and oxygen atoms in total. The van der Waals surface area contributed by atoms with Crippen LogP contribution in [0.5, 0.6) is 0 Å². The van der Waals surface area contributed by atoms with E-state index in [1.807, 2.05) is 0 Å². The number of rotatable bonds is 12. The van der Waals surface area contributed by atoms with Crippen LogP contribution < -0.4 is 33.0 Å². The van der Waals surface area contributed by atoms with Crippen molar-refractivity contribution in [2.45, 2.75) is 109 Å². The van der Waals surface area contributed by atoms with Crippen LogP contribution >= 0.6 is 35.3 Å². The summed E-state index contributed by atoms with van der Waals surface area (Å²) < 4.78 is 4.22. The number of aliphatic hydroxyl groups excluding tert-OH is 6. The van der Waals surface area contributed by atoms with Crippen LogP contribution in [-0.4, -0.2) is 131 Å². The van der Waals surface area contributed by atoms with Gasteiger partial charge in [0.25, 0.3) is 0 Å². The number of hydrogen-bond acceptors (Lipinski definition) is 18. The van der Waals surface area contributed by atoms with E-state index in [0.29, 0.717) is 38.5 Å². The Hall–Kier alpha value is -4.14. The van der Waals surface area contributed by atoms with E-state index in [2.05, 4.69) is 30.9 Å². The number of carbonyl (C=O) groups excluding carboxylic acids is 3. The molecule has 3 saturated heterocycles. The molecule has 0 unspecified atom stereocenters. The standard InChI is InChI=1S/3C12H17N3O4S/c3*1-2-10(18)13-9-3-4-15(12(19)14-9)11-5-7(17)8(6-16)20-11/h3*3-4,7-8,11,16-17H,2,5-6H2,1H3,(H,13,14,18,19)/t3*7-,8-,11-/m111/s1. The Morgan fingerprint density at radius 1 is 0.550 bits per heavy atom. The van der Waals surface area contributed by atoms with Gasteiger partial charge in [-0.2, -0.15) is 15.0 Å². The summed E-state index contributed by atoms with van der Waals surface area (Å²) in [5.41, 5.74) is -1.45. The predicted octanol–water partition coefficient (Wildman–Crippen LogP) is -0.153. The Morgan fingerprint density at radius 2 is 0.800 bits per heavy atom. The maximum Gasteiger partial charge on any atom is 0.350 e. The van der Waals surface area contributed by atoms with Crippen molar-refractivity contribution in [3.8, 4) is 0 Å². The van der Waals surface area contributed by atoms with Crippen molar-refractivity contribution in [2.75, 3.05) is 35.8 Å². The zero-order valence-corrected chi connectivity index (χ0v) is 35.5. The number of amides is 3. The highest BCUT2D eigenvalue weighted by molar-refractivity contribution is 8.00. The third-order valence-corrected chi connectivity index (χ3v) is 14.0. The van der Waals surface area contributed by atoms with Gasteiger partial charge in [-0.15, -0.1) is 35.3 Å². The molecule has 0 radical (unpaired) electrons. The van der Waals surface area contributed by atoms with Crippen LogP contribution in [-0.2, 0) is 14.4 Å². The van der Waals surface area contributed by atoms with Gasteiger partial charge < -0.3 is 46.6 Å². The quantitative estimate of drug-likeness (QED) is 0.114. The minimum atomic E-state index is -0.638. The van der Waals surface area contributed by atoms with Crippen molar-refractivity contribution < 1.29 is 45.0 Å². The van der Waals surface area contributed by atoms with Crippen molar-refractivity contribution in [2.24, 2.45) is 0 Å². The molecule has 3 aliphatic rings. The number of aromatic nitrogens is 6. The molecule has 0 aromatic carbocycles. The lowest BCUT2D eigenvalue weighted by molar-refractivity contribution is -0.116. The van der Waals surface area contributed by atoms with Gasteiger partial charge in [-0.25, -0.2) is 14.4 Å². The molecule has 3 fully saturated rings. The van der Waals surface area contributed by atoms with Crippen LogP contribution in [0.3, 0.4) is 0 Å². The smallest absolute Gasteiger partial charge is 0.350 e. The summed E-state index contributed by atoms with van der Waals surface area (Å²) in [6, 6.07) is 4.65. The van der Waals surface area contributed by atoms with Crippen molar-refractivity contribution >= 4 is 70.5 Å². The fraction of sp³-hybridized carbons (Fsp3) is 0.583. The van der Waals surface area contributed by atoms with Gasteiger partial charge in [0.15, 0.2) is 0 Å². The minimum Gasteiger partial charge on any atom is -0.395 e. The summed E-state index contributed by atoms with van der Waals surface area (Å²) in [6.45, 7) is 4.74. The van der Waals surface area contributed by atoms with Gasteiger partial charge in [0, 0.05) is 57.1 Å². The second-order valence-corrected chi connectivity index (χ2v) is 17.8. The summed E-state index contributed by atoms with van der Waals surface area (Å²) in [4.78, 5) is 80.9. The molecular formula is C36H51N9O12S3. The van der Waals surface area contributed by atoms with Crippen molar-refractivity contribution in [1.29, 1.82) is 0 Å². The molecule has 330 valence electrons. The van der Waals surface area contributed by atoms with Crippen LogP contribution in [0.25, 0.3) is 0 Å². The van der Waals surface area contributed by atoms with Crippen molar-refractivity contribution in [1.82, 2.24) is 28.7 Å². The maximum atomic E-state index is 11.9. The lowest BCUT2D eigenvalue weighted by atomic mass is 10.2. The van der Waals surface area contributed by atoms with Crippen molar-refractivity contribution in [3.63, 3.8) is 0 Å². The lowest BCUT2D eigenvalue weighted by Gasteiger charge is -2.13. The number of nitrogens with zero attached hydrogens (tertiary/aromatic N) is 6. The SMILES string of the molecule is CCC(=O)Nc1ccn([C@H]2C[C@@H](O)[C@@H](CO)S2)c(=O)n1.CCC(=O)Nc1ccn([C@H]2C[C@@H](O)[C@@H](CO)S2)c(=O)n1.CCC(=O)Nc1ccn([C@H]2C[C@@H](O)[C@@H](CO)S2)c(=O)n1. The molecule has 0 bridgehead atoms. The van der Waals surface area contributed by atoms with Crippen LogP contribution in [0, 0.1) is 0 Å². The first-order chi connectivity index (χ1) is 28.6. The van der Waals surface area contributed by atoms with Gasteiger partial charge in [0.05, 0.1) is 70.0 Å². The molecule has 9 atom stereocenters. The van der Waals surface area contributed by atoms with E-state index in [9.17, 15) is 44.1 Å². The molecule has 9 N–H and O–H groups in total. The van der Waals surface area contributed by atoms with Crippen LogP contribution in [0.2, 0.25) is 0 Å². The fourth-order valence-electron chi connectivity index (χ4n) is 5.95. The second-order valence-electron chi connectivity index (χ2n) is 13.6. The number of thioether (sulfide) groups is 3. The first kappa shape index (κ1) is 48.5. The molecule has 60 heavy (non-hydrogen) atoms. The van der Waals surface area contributed by atoms with Crippen LogP contribution in [0.4, 0.5) is 17.5 Å². The molecule has 24 heteroatoms. The van der Waals surface area contributed by atoms with E-state index in [0.717, 1.165) is 0 Å². The largest absolute Gasteiger partial charge is 0.395 e. The third kappa shape index (κ3) is 13.2. The van der Waals surface area contributed by atoms with Gasteiger partial charge in [0.1, 0.15) is 17.5 Å². The van der Waals surface area contributed by atoms with Crippen LogP contribution in [0.15, 0.2) is 51.2 Å². The van der Waals surface area contributed by atoms with Gasteiger partial charge >= 0.3 is 17.1 Å². The molecule has 3 aromatic heterocycles. The average Bonchev–Trinajstić information content (AvgIpc) is 3.92. The summed E-state index contributed by atoms with van der Waals surface area (Å²) in [6.07, 6.45) is 4.83. The molecule has 6 heterocycles. The van der Waals surface area contributed by atoms with E-state index in [1.54, 1.807) is 57.6 Å². The Kier molecular flexibility index (Phi) is 18.7. The number of anilines is 3. The van der Waals surface area contributed by atoms with Gasteiger partial charge in [-0.1, -0.05) is 20.8 Å². The van der Waals surface area contributed by atoms with Gasteiger partial charge in [-0.3, -0.25) is 28.1 Å². The van der Waals surface area contributed by atoms with E-state index in [4.69, 9.17) is 15.3 Å². The molecular weight excluding hydrogens is 847 g/mol. The Labute approximate surface area is 356 Å². The molecule has 0 spiro atoms. The highest BCUT2D eigenvalue weighted by Gasteiger charge is 2.37. The maximum absolute atomic E-state index is 11.9. The first-order valence-electron chi connectivity index (χ1n) is 19.1. The van der Waals surface area contributed by atoms with E-state index < -0.39 is 35.4 Å². The number of aliphatic hydroxyl groups is 6. The molecule has 6 rings (SSSR count). The summed E-state index contributed by atoms with van der Waals surface area (Å²) in [5.74, 6) is 0.0445. The minimum absolute atomic E-state index is 0.130. The first-order valence-corrected chi connectivity index (χ1v) is 22.0. The van der Waals surface area contributed by atoms with E-state index in [-0.39, 0.29) is 86.9 Å². The number of hydrogen-bond donors (Lipinski definition) is 9. The highest BCUT2D eigenvalue weighted by Crippen LogP contribution is 2.42. The van der Waals surface area contributed by atoms with E-state index >= 15 is 0 Å². The average molecular weight is 898 g/mol. The number of nitrogens with one attached hydrogen (secondary N) is 3. The second kappa shape index (κ2) is 23.2. The van der Waals surface area contributed by atoms with Crippen molar-refractivity contribution in [3.05, 3.63) is 68.2 Å². The molecule has 3 aliphatic heterocycles. The zero-order valence-electron chi connectivity index (χ0n) is 33.1. The molecule has 3 amide bonds. The molecule has 0 aliphatic carbocycles. The molecule has 0 saturated carbocycles. The Bertz CT molecular complexity index is 1880. The monoisotopic (exact) mass is 897 g/mol. The lowest BCUT2D eigenvalue weighted by Crippen LogP contribution is -2.26. The summed E-state index contributed by atoms with van der Waals surface area (Å²) >= 11 is 4.04. The Morgan fingerprint density at radius 3 is 0.983 bits per heavy atom. The number of carbonyl (C=O) groups is 3. The summed E-state index contributed by atoms with van der Waals surface area (Å²) in [7, 11) is 0.